The normalized spacial score (nSPS) is 15.8. The number of hydrogen-bond donors (Lipinski definition) is 2. The monoisotopic (exact) mass is 353 g/mol. The molecule has 0 atom stereocenters. The first-order valence-electron chi connectivity index (χ1n) is 9.30. The number of aromatic nitrogens is 1. The van der Waals surface area contributed by atoms with E-state index in [1.54, 1.807) is 6.92 Å². The van der Waals surface area contributed by atoms with Crippen molar-refractivity contribution in [3.05, 3.63) is 69.1 Å². The first-order valence-corrected chi connectivity index (χ1v) is 9.30. The molecule has 1 aromatic heterocycles. The number of piperidine rings is 1. The van der Waals surface area contributed by atoms with E-state index in [-0.39, 0.29) is 16.9 Å². The number of H-pyrrole nitrogens is 1. The summed E-state index contributed by atoms with van der Waals surface area (Å²) >= 11 is 0. The van der Waals surface area contributed by atoms with Gasteiger partial charge in [-0.3, -0.25) is 9.59 Å². The Labute approximate surface area is 154 Å². The number of pyridine rings is 1. The first-order chi connectivity index (χ1) is 12.5. The van der Waals surface area contributed by atoms with Crippen LogP contribution in [0, 0.1) is 13.8 Å². The minimum Gasteiger partial charge on any atom is -0.362 e. The average Bonchev–Trinajstić information content (AvgIpc) is 2.62. The number of aromatic amines is 1. The van der Waals surface area contributed by atoms with Crippen molar-refractivity contribution in [2.45, 2.75) is 32.6 Å². The van der Waals surface area contributed by atoms with E-state index in [9.17, 15) is 9.59 Å². The van der Waals surface area contributed by atoms with Gasteiger partial charge in [-0.25, -0.2) is 0 Å². The van der Waals surface area contributed by atoms with Gasteiger partial charge in [0.25, 0.3) is 5.91 Å². The molecule has 2 heterocycles. The van der Waals surface area contributed by atoms with Gasteiger partial charge in [-0.15, -0.1) is 0 Å². The van der Waals surface area contributed by atoms with Crippen molar-refractivity contribution in [1.29, 1.82) is 0 Å². The molecule has 1 saturated heterocycles. The van der Waals surface area contributed by atoms with Crippen LogP contribution >= 0.6 is 0 Å². The molecule has 0 spiro atoms. The number of carbonyl (C=O) groups excluding carboxylic acids is 1. The van der Waals surface area contributed by atoms with Crippen LogP contribution in [0.3, 0.4) is 0 Å². The number of nitrogens with zero attached hydrogens (tertiary/aromatic N) is 1. The van der Waals surface area contributed by atoms with E-state index < -0.39 is 0 Å². The Balaban J connectivity index is 1.46. The molecule has 1 aromatic carbocycles. The zero-order valence-electron chi connectivity index (χ0n) is 15.5. The molecule has 0 saturated carbocycles. The van der Waals surface area contributed by atoms with Gasteiger partial charge in [-0.1, -0.05) is 30.3 Å². The van der Waals surface area contributed by atoms with Gasteiger partial charge in [0.15, 0.2) is 5.43 Å². The van der Waals surface area contributed by atoms with Crippen LogP contribution in [0.4, 0.5) is 0 Å². The van der Waals surface area contributed by atoms with Crippen LogP contribution in [-0.4, -0.2) is 42.0 Å². The number of likely N-dealkylation sites (tertiary alicyclic amines) is 1. The maximum absolute atomic E-state index is 12.3. The molecule has 0 aliphatic carbocycles. The average molecular weight is 353 g/mol. The molecule has 1 aliphatic heterocycles. The largest absolute Gasteiger partial charge is 0.362 e. The highest BCUT2D eigenvalue weighted by molar-refractivity contribution is 5.95. The highest BCUT2D eigenvalue weighted by Gasteiger charge is 2.20. The summed E-state index contributed by atoms with van der Waals surface area (Å²) < 4.78 is 0. The van der Waals surface area contributed by atoms with Gasteiger partial charge >= 0.3 is 0 Å². The lowest BCUT2D eigenvalue weighted by Crippen LogP contribution is -2.40. The van der Waals surface area contributed by atoms with Crippen LogP contribution in [0.1, 0.15) is 46.1 Å². The van der Waals surface area contributed by atoms with Crippen LogP contribution in [0.15, 0.2) is 41.2 Å². The lowest BCUT2D eigenvalue weighted by Gasteiger charge is -2.32. The summed E-state index contributed by atoms with van der Waals surface area (Å²) in [6.07, 6.45) is 2.30. The van der Waals surface area contributed by atoms with Gasteiger partial charge in [0, 0.05) is 30.5 Å². The summed E-state index contributed by atoms with van der Waals surface area (Å²) in [4.78, 5) is 29.8. The molecular weight excluding hydrogens is 326 g/mol. The summed E-state index contributed by atoms with van der Waals surface area (Å²) in [5, 5.41) is 2.89. The summed E-state index contributed by atoms with van der Waals surface area (Å²) in [5.41, 5.74) is 2.81. The van der Waals surface area contributed by atoms with Crippen LogP contribution in [-0.2, 0) is 0 Å². The molecule has 26 heavy (non-hydrogen) atoms. The Morgan fingerprint density at radius 1 is 1.19 bits per heavy atom. The molecule has 0 unspecified atom stereocenters. The van der Waals surface area contributed by atoms with Crippen molar-refractivity contribution in [3.8, 4) is 0 Å². The number of benzene rings is 1. The molecule has 138 valence electrons. The fraction of sp³-hybridized carbons (Fsp3) is 0.429. The van der Waals surface area contributed by atoms with Crippen LogP contribution in [0.25, 0.3) is 0 Å². The smallest absolute Gasteiger partial charge is 0.257 e. The van der Waals surface area contributed by atoms with Crippen LogP contribution in [0.2, 0.25) is 0 Å². The number of hydrogen-bond acceptors (Lipinski definition) is 3. The molecule has 5 heteroatoms. The Hall–Kier alpha value is -2.40. The Morgan fingerprint density at radius 3 is 2.54 bits per heavy atom. The van der Waals surface area contributed by atoms with Crippen molar-refractivity contribution in [2.75, 3.05) is 26.2 Å². The minimum atomic E-state index is -0.289. The second-order valence-electron chi connectivity index (χ2n) is 7.10. The van der Waals surface area contributed by atoms with E-state index >= 15 is 0 Å². The Bertz CT molecular complexity index is 806. The molecule has 0 radical (unpaired) electrons. The fourth-order valence-electron chi connectivity index (χ4n) is 3.76. The van der Waals surface area contributed by atoms with Crippen molar-refractivity contribution in [1.82, 2.24) is 15.2 Å². The number of carbonyl (C=O) groups is 1. The third-order valence-electron chi connectivity index (χ3n) is 5.15. The molecule has 3 rings (SSSR count). The van der Waals surface area contributed by atoms with E-state index in [4.69, 9.17) is 0 Å². The first kappa shape index (κ1) is 18.4. The SMILES string of the molecule is Cc1cc(=O)c(C(=O)NCCN2CCC(c3ccccc3)CC2)c(C)[nH]1. The molecule has 5 nitrogen and oxygen atoms in total. The van der Waals surface area contributed by atoms with Crippen molar-refractivity contribution in [2.24, 2.45) is 0 Å². The highest BCUT2D eigenvalue weighted by Crippen LogP contribution is 2.27. The van der Waals surface area contributed by atoms with Crippen LogP contribution in [0.5, 0.6) is 0 Å². The molecule has 1 aliphatic rings. The van der Waals surface area contributed by atoms with Gasteiger partial charge in [-0.05, 0) is 51.3 Å². The third-order valence-corrected chi connectivity index (χ3v) is 5.15. The maximum atomic E-state index is 12.3. The Morgan fingerprint density at radius 2 is 1.88 bits per heavy atom. The minimum absolute atomic E-state index is 0.221. The van der Waals surface area contributed by atoms with E-state index in [0.717, 1.165) is 38.2 Å². The van der Waals surface area contributed by atoms with Crippen molar-refractivity contribution < 1.29 is 4.79 Å². The number of rotatable bonds is 5. The maximum Gasteiger partial charge on any atom is 0.257 e. The van der Waals surface area contributed by atoms with E-state index in [1.807, 2.05) is 6.92 Å². The van der Waals surface area contributed by atoms with Crippen molar-refractivity contribution >= 4 is 5.91 Å². The van der Waals surface area contributed by atoms with Gasteiger partial charge in [0.1, 0.15) is 5.56 Å². The number of nitrogens with one attached hydrogen (secondary N) is 2. The summed E-state index contributed by atoms with van der Waals surface area (Å²) in [6, 6.07) is 12.2. The fourth-order valence-corrected chi connectivity index (χ4v) is 3.76. The predicted molar refractivity (Wildman–Crippen MR) is 104 cm³/mol. The van der Waals surface area contributed by atoms with Gasteiger partial charge in [0.2, 0.25) is 0 Å². The summed E-state index contributed by atoms with van der Waals surface area (Å²) in [5.74, 6) is 0.346. The second-order valence-corrected chi connectivity index (χ2v) is 7.10. The lowest BCUT2D eigenvalue weighted by molar-refractivity contribution is 0.0943. The highest BCUT2D eigenvalue weighted by atomic mass is 16.2. The third kappa shape index (κ3) is 4.41. The standard InChI is InChI=1S/C21H27N3O2/c1-15-14-19(25)20(16(2)23-15)21(26)22-10-13-24-11-8-18(9-12-24)17-6-4-3-5-7-17/h3-7,14,18H,8-13H2,1-2H3,(H,22,26)(H,23,25). The molecule has 1 fully saturated rings. The predicted octanol–water partition coefficient (Wildman–Crippen LogP) is 2.60. The Kier molecular flexibility index (Phi) is 5.89. The number of aryl methyl sites for hydroxylation is 2. The zero-order chi connectivity index (χ0) is 18.5. The van der Waals surface area contributed by atoms with E-state index in [2.05, 4.69) is 45.5 Å². The van der Waals surface area contributed by atoms with Crippen molar-refractivity contribution in [3.63, 3.8) is 0 Å². The summed E-state index contributed by atoms with van der Waals surface area (Å²) in [7, 11) is 0. The zero-order valence-corrected chi connectivity index (χ0v) is 15.5. The molecule has 2 N–H and O–H groups in total. The topological polar surface area (TPSA) is 65.2 Å². The van der Waals surface area contributed by atoms with Gasteiger partial charge in [0.05, 0.1) is 0 Å². The molecule has 2 aromatic rings. The molecule has 1 amide bonds. The van der Waals surface area contributed by atoms with Gasteiger partial charge in [-0.2, -0.15) is 0 Å². The quantitative estimate of drug-likeness (QED) is 0.868. The van der Waals surface area contributed by atoms with Gasteiger partial charge < -0.3 is 15.2 Å². The van der Waals surface area contributed by atoms with E-state index in [0.29, 0.717) is 18.2 Å². The number of amides is 1. The molecular formula is C21H27N3O2. The second kappa shape index (κ2) is 8.32. The van der Waals surface area contributed by atoms with E-state index in [1.165, 1.54) is 11.6 Å². The lowest BCUT2D eigenvalue weighted by atomic mass is 9.89. The summed E-state index contributed by atoms with van der Waals surface area (Å²) in [6.45, 7) is 7.03. The molecule has 0 bridgehead atoms. The van der Waals surface area contributed by atoms with Crippen LogP contribution < -0.4 is 10.7 Å².